The average molecular weight is 346 g/mol. The number of hydrogen-bond donors (Lipinski definition) is 0. The van der Waals surface area contributed by atoms with E-state index in [1.165, 1.54) is 0 Å². The summed E-state index contributed by atoms with van der Waals surface area (Å²) in [7, 11) is -4.16. The van der Waals surface area contributed by atoms with Crippen LogP contribution in [-0.4, -0.2) is 37.9 Å². The second-order valence-electron chi connectivity index (χ2n) is 4.76. The van der Waals surface area contributed by atoms with E-state index in [2.05, 4.69) is 0 Å². The van der Waals surface area contributed by atoms with Crippen LogP contribution in [0.3, 0.4) is 0 Å². The van der Waals surface area contributed by atoms with Gasteiger partial charge in [-0.3, -0.25) is 0 Å². The van der Waals surface area contributed by atoms with Crippen molar-refractivity contribution in [2.75, 3.05) is 11.5 Å². The third-order valence-corrected chi connectivity index (χ3v) is 4.70. The summed E-state index contributed by atoms with van der Waals surface area (Å²) in [5.74, 6) is -2.03. The lowest BCUT2D eigenvalue weighted by atomic mass is 10.0. The first-order chi connectivity index (χ1) is 9.27. The zero-order valence-corrected chi connectivity index (χ0v) is 12.1. The van der Waals surface area contributed by atoms with E-state index in [0.717, 1.165) is 6.42 Å². The highest BCUT2D eigenvalue weighted by molar-refractivity contribution is 7.91. The summed E-state index contributed by atoms with van der Waals surface area (Å²) in [6, 6.07) is 0. The first-order valence-corrected chi connectivity index (χ1v) is 8.12. The molecule has 0 heterocycles. The number of sulfone groups is 1. The van der Waals surface area contributed by atoms with Crippen LogP contribution < -0.4 is 0 Å². The van der Waals surface area contributed by atoms with Crippen LogP contribution >= 0.6 is 0 Å². The minimum absolute atomic E-state index is 0.132. The molecule has 0 bridgehead atoms. The van der Waals surface area contributed by atoms with Crippen molar-refractivity contribution in [3.63, 3.8) is 0 Å². The van der Waals surface area contributed by atoms with E-state index in [1.807, 2.05) is 6.92 Å². The molecule has 0 atom stereocenters. The van der Waals surface area contributed by atoms with Gasteiger partial charge in [-0.1, -0.05) is 26.2 Å². The first kappa shape index (κ1) is 20.5. The molecule has 0 rings (SSSR count). The summed E-state index contributed by atoms with van der Waals surface area (Å²) < 4.78 is 109. The van der Waals surface area contributed by atoms with Crippen LogP contribution in [0.5, 0.6) is 0 Å². The summed E-state index contributed by atoms with van der Waals surface area (Å²) in [4.78, 5) is 0. The fourth-order valence-corrected chi connectivity index (χ4v) is 3.03. The molecule has 0 spiro atoms. The topological polar surface area (TPSA) is 34.1 Å². The Morgan fingerprint density at radius 1 is 0.762 bits per heavy atom. The third-order valence-electron chi connectivity index (χ3n) is 2.97. The summed E-state index contributed by atoms with van der Waals surface area (Å²) in [6.45, 7) is 1.85. The van der Waals surface area contributed by atoms with E-state index < -0.39 is 45.8 Å². The van der Waals surface area contributed by atoms with Gasteiger partial charge in [0.25, 0.3) is 5.67 Å². The fraction of sp³-hybridized carbons (Fsp3) is 1.00. The van der Waals surface area contributed by atoms with Crippen molar-refractivity contribution in [2.24, 2.45) is 0 Å². The maximum atomic E-state index is 13.3. The largest absolute Gasteiger partial charge is 0.431 e. The summed E-state index contributed by atoms with van der Waals surface area (Å²) in [6.07, 6.45) is -12.5. The lowest BCUT2D eigenvalue weighted by Crippen LogP contribution is -2.54. The van der Waals surface area contributed by atoms with Crippen LogP contribution in [0.1, 0.15) is 39.0 Å². The highest BCUT2D eigenvalue weighted by atomic mass is 32.2. The summed E-state index contributed by atoms with van der Waals surface area (Å²) >= 11 is 0. The van der Waals surface area contributed by atoms with E-state index in [9.17, 15) is 39.2 Å². The first-order valence-electron chi connectivity index (χ1n) is 6.29. The smallest absolute Gasteiger partial charge is 0.229 e. The molecule has 10 heteroatoms. The maximum Gasteiger partial charge on any atom is 0.431 e. The highest BCUT2D eigenvalue weighted by Crippen LogP contribution is 2.48. The van der Waals surface area contributed by atoms with Gasteiger partial charge in [0.15, 0.2) is 0 Å². The summed E-state index contributed by atoms with van der Waals surface area (Å²) in [5, 5.41) is 0. The van der Waals surface area contributed by atoms with Crippen molar-refractivity contribution in [3.05, 3.63) is 0 Å². The zero-order valence-electron chi connectivity index (χ0n) is 11.3. The van der Waals surface area contributed by atoms with Crippen LogP contribution in [0, 0.1) is 0 Å². The van der Waals surface area contributed by atoms with Gasteiger partial charge in [0.05, 0.1) is 11.5 Å². The molecular formula is C11H17F7O2S. The Bertz CT molecular complexity index is 397. The molecule has 0 amide bonds. The number of halogens is 7. The van der Waals surface area contributed by atoms with Gasteiger partial charge in [0.2, 0.25) is 0 Å². The predicted molar refractivity (Wildman–Crippen MR) is 63.4 cm³/mol. The molecule has 128 valence electrons. The summed E-state index contributed by atoms with van der Waals surface area (Å²) in [5.41, 5.74) is -5.50. The molecule has 0 aromatic rings. The number of unbranched alkanes of at least 4 members (excludes halogenated alkanes) is 3. The molecule has 0 aromatic carbocycles. The molecule has 0 aliphatic carbocycles. The number of alkyl halides is 7. The van der Waals surface area contributed by atoms with Crippen molar-refractivity contribution < 1.29 is 39.2 Å². The molecule has 0 unspecified atom stereocenters. The molecule has 0 aliphatic heterocycles. The van der Waals surface area contributed by atoms with E-state index >= 15 is 0 Å². The average Bonchev–Trinajstić information content (AvgIpc) is 2.29. The molecule has 0 radical (unpaired) electrons. The molecule has 0 aromatic heterocycles. The molecular weight excluding hydrogens is 329 g/mol. The Kier molecular flexibility index (Phi) is 6.96. The molecule has 0 fully saturated rings. The fourth-order valence-electron chi connectivity index (χ4n) is 1.59. The van der Waals surface area contributed by atoms with Gasteiger partial charge in [-0.2, -0.15) is 26.3 Å². The van der Waals surface area contributed by atoms with Gasteiger partial charge in [0.1, 0.15) is 9.84 Å². The van der Waals surface area contributed by atoms with E-state index in [-0.39, 0.29) is 6.42 Å². The van der Waals surface area contributed by atoms with Crippen LogP contribution in [0.2, 0.25) is 0 Å². The standard InChI is InChI=1S/C11H17F7O2S/c1-2-3-4-5-7-21(19,20)8-6-9(12,10(13,14)15)11(16,17)18/h2-8H2,1H3. The lowest BCUT2D eigenvalue weighted by Gasteiger charge is -2.29. The van der Waals surface area contributed by atoms with E-state index in [4.69, 9.17) is 0 Å². The Morgan fingerprint density at radius 3 is 1.62 bits per heavy atom. The molecule has 0 saturated carbocycles. The third kappa shape index (κ3) is 5.99. The molecule has 0 aliphatic rings. The van der Waals surface area contributed by atoms with E-state index in [0.29, 0.717) is 12.8 Å². The zero-order chi connectivity index (χ0) is 16.9. The minimum Gasteiger partial charge on any atom is -0.229 e. The molecule has 0 N–H and O–H groups in total. The monoisotopic (exact) mass is 346 g/mol. The van der Waals surface area contributed by atoms with Gasteiger partial charge in [-0.15, -0.1) is 0 Å². The van der Waals surface area contributed by atoms with Crippen molar-refractivity contribution in [3.8, 4) is 0 Å². The van der Waals surface area contributed by atoms with Gasteiger partial charge < -0.3 is 0 Å². The number of rotatable bonds is 8. The van der Waals surface area contributed by atoms with Crippen LogP contribution in [0.25, 0.3) is 0 Å². The SMILES string of the molecule is CCCCCCS(=O)(=O)CCC(F)(C(F)(F)F)C(F)(F)F. The Hall–Kier alpha value is -0.540. The maximum absolute atomic E-state index is 13.3. The molecule has 21 heavy (non-hydrogen) atoms. The Balaban J connectivity index is 4.78. The Labute approximate surface area is 118 Å². The highest BCUT2D eigenvalue weighted by Gasteiger charge is 2.72. The Morgan fingerprint density at radius 2 is 1.24 bits per heavy atom. The van der Waals surface area contributed by atoms with Crippen LogP contribution in [-0.2, 0) is 9.84 Å². The van der Waals surface area contributed by atoms with Gasteiger partial charge >= 0.3 is 12.4 Å². The van der Waals surface area contributed by atoms with Crippen molar-refractivity contribution in [2.45, 2.75) is 57.0 Å². The quantitative estimate of drug-likeness (QED) is 0.487. The van der Waals surface area contributed by atoms with Crippen molar-refractivity contribution in [1.82, 2.24) is 0 Å². The second-order valence-corrected chi connectivity index (χ2v) is 7.06. The van der Waals surface area contributed by atoms with Gasteiger partial charge in [-0.25, -0.2) is 12.8 Å². The minimum atomic E-state index is -6.21. The number of hydrogen-bond acceptors (Lipinski definition) is 2. The predicted octanol–water partition coefficient (Wildman–Crippen LogP) is 4.20. The van der Waals surface area contributed by atoms with Crippen LogP contribution in [0.4, 0.5) is 30.7 Å². The van der Waals surface area contributed by atoms with E-state index in [1.54, 1.807) is 0 Å². The normalized spacial score (nSPS) is 14.5. The molecule has 0 saturated heterocycles. The lowest BCUT2D eigenvalue weighted by molar-refractivity contribution is -0.341. The van der Waals surface area contributed by atoms with Crippen LogP contribution in [0.15, 0.2) is 0 Å². The van der Waals surface area contributed by atoms with Crippen molar-refractivity contribution in [1.29, 1.82) is 0 Å². The van der Waals surface area contributed by atoms with Crippen molar-refractivity contribution >= 4 is 9.84 Å². The van der Waals surface area contributed by atoms with Gasteiger partial charge in [0, 0.05) is 6.42 Å². The molecule has 2 nitrogen and oxygen atoms in total. The second kappa shape index (κ2) is 7.15. The van der Waals surface area contributed by atoms with Gasteiger partial charge in [-0.05, 0) is 6.42 Å².